The first kappa shape index (κ1) is 20.2. The van der Waals surface area contributed by atoms with Gasteiger partial charge in [0.05, 0.1) is 16.2 Å². The molecule has 0 unspecified atom stereocenters. The van der Waals surface area contributed by atoms with Crippen molar-refractivity contribution in [3.63, 3.8) is 0 Å². The van der Waals surface area contributed by atoms with Gasteiger partial charge in [-0.1, -0.05) is 30.3 Å². The molecule has 11 nitrogen and oxygen atoms in total. The van der Waals surface area contributed by atoms with Gasteiger partial charge >= 0.3 is 5.97 Å². The predicted molar refractivity (Wildman–Crippen MR) is 104 cm³/mol. The van der Waals surface area contributed by atoms with Gasteiger partial charge in [-0.15, -0.1) is 0 Å². The van der Waals surface area contributed by atoms with Crippen molar-refractivity contribution in [1.82, 2.24) is 9.97 Å². The number of ether oxygens (including phenoxy) is 1. The quantitative estimate of drug-likeness (QED) is 0.393. The number of carboxylic acids is 1. The van der Waals surface area contributed by atoms with E-state index in [-0.39, 0.29) is 17.3 Å². The summed E-state index contributed by atoms with van der Waals surface area (Å²) in [6.07, 6.45) is 0. The van der Waals surface area contributed by atoms with Gasteiger partial charge in [0.1, 0.15) is 0 Å². The highest BCUT2D eigenvalue weighted by Crippen LogP contribution is 2.21. The van der Waals surface area contributed by atoms with Crippen molar-refractivity contribution >= 4 is 23.3 Å². The summed E-state index contributed by atoms with van der Waals surface area (Å²) in [6.45, 7) is -0.577. The number of nitrogens with zero attached hydrogens (tertiary/aromatic N) is 2. The van der Waals surface area contributed by atoms with Crippen LogP contribution in [0, 0.1) is 10.1 Å². The van der Waals surface area contributed by atoms with Crippen LogP contribution in [0.2, 0.25) is 0 Å². The maximum Gasteiger partial charge on any atom is 0.336 e. The molecule has 0 saturated carbocycles. The topological polar surface area (TPSA) is 165 Å². The third-order valence-electron chi connectivity index (χ3n) is 3.79. The van der Waals surface area contributed by atoms with Gasteiger partial charge in [0, 0.05) is 29.4 Å². The van der Waals surface area contributed by atoms with Crippen molar-refractivity contribution in [1.29, 1.82) is 0 Å². The second-order valence-electron chi connectivity index (χ2n) is 5.97. The first-order chi connectivity index (χ1) is 14.3. The zero-order valence-electron chi connectivity index (χ0n) is 15.2. The number of hydrogen-bond acceptors (Lipinski definition) is 7. The Morgan fingerprint density at radius 2 is 1.90 bits per heavy atom. The van der Waals surface area contributed by atoms with Crippen LogP contribution in [-0.2, 0) is 4.79 Å². The van der Waals surface area contributed by atoms with E-state index in [1.54, 1.807) is 24.3 Å². The van der Waals surface area contributed by atoms with Gasteiger partial charge in [-0.25, -0.2) is 4.79 Å². The van der Waals surface area contributed by atoms with Crippen LogP contribution in [-0.4, -0.2) is 38.5 Å². The van der Waals surface area contributed by atoms with E-state index >= 15 is 0 Å². The molecule has 2 aromatic carbocycles. The second kappa shape index (κ2) is 8.65. The average molecular weight is 410 g/mol. The van der Waals surface area contributed by atoms with Crippen molar-refractivity contribution in [3.05, 3.63) is 80.6 Å². The number of benzene rings is 2. The number of nitrogens with one attached hydrogen (secondary N) is 2. The minimum Gasteiger partial charge on any atom is -0.478 e. The molecule has 0 fully saturated rings. The normalized spacial score (nSPS) is 10.3. The summed E-state index contributed by atoms with van der Waals surface area (Å²) in [5.41, 5.74) is -0.399. The summed E-state index contributed by atoms with van der Waals surface area (Å²) >= 11 is 0. The molecule has 0 spiro atoms. The van der Waals surface area contributed by atoms with Gasteiger partial charge < -0.3 is 15.2 Å². The Kier molecular flexibility index (Phi) is 5.82. The minimum atomic E-state index is -1.38. The molecule has 1 aromatic heterocycles. The molecule has 0 saturated heterocycles. The molecule has 11 heteroatoms. The molecule has 152 valence electrons. The third kappa shape index (κ3) is 5.04. The number of nitro groups is 1. The largest absolute Gasteiger partial charge is 0.478 e. The summed E-state index contributed by atoms with van der Waals surface area (Å²) in [6, 6.07) is 12.9. The Labute approximate surface area is 168 Å². The average Bonchev–Trinajstić information content (AvgIpc) is 2.72. The van der Waals surface area contributed by atoms with Crippen LogP contribution in [0.25, 0.3) is 11.3 Å². The van der Waals surface area contributed by atoms with Crippen molar-refractivity contribution in [2.45, 2.75) is 0 Å². The number of aromatic amines is 1. The maximum absolute atomic E-state index is 12.1. The van der Waals surface area contributed by atoms with Crippen molar-refractivity contribution in [3.8, 4) is 17.3 Å². The molecule has 0 atom stereocenters. The standard InChI is InChI=1S/C19H14N4O7/c24-16-9-15(11-4-2-1-3-5-11)21-19(22-16)30-10-17(25)20-13-6-12(18(26)27)7-14(8-13)23(28)29/h1-9H,10H2,(H,20,25)(H,26,27)(H,21,22,24). The number of aromatic nitrogens is 2. The number of anilines is 1. The van der Waals surface area contributed by atoms with E-state index < -0.39 is 34.7 Å². The molecule has 3 rings (SSSR count). The number of non-ortho nitro benzene ring substituents is 1. The number of rotatable bonds is 7. The van der Waals surface area contributed by atoms with Crippen LogP contribution >= 0.6 is 0 Å². The van der Waals surface area contributed by atoms with Crippen molar-refractivity contribution in [2.24, 2.45) is 0 Å². The molecule has 0 aliphatic rings. The number of carbonyl (C=O) groups is 2. The number of carbonyl (C=O) groups excluding carboxylic acids is 1. The number of aromatic carboxylic acids is 1. The van der Waals surface area contributed by atoms with Crippen molar-refractivity contribution in [2.75, 3.05) is 11.9 Å². The maximum atomic E-state index is 12.1. The lowest BCUT2D eigenvalue weighted by Crippen LogP contribution is -2.22. The van der Waals surface area contributed by atoms with Crippen LogP contribution in [0.3, 0.4) is 0 Å². The summed E-state index contributed by atoms with van der Waals surface area (Å²) in [7, 11) is 0. The van der Waals surface area contributed by atoms with E-state index in [2.05, 4.69) is 15.3 Å². The molecule has 3 N–H and O–H groups in total. The molecular weight excluding hydrogens is 396 g/mol. The van der Waals surface area contributed by atoms with E-state index in [1.165, 1.54) is 6.07 Å². The number of carboxylic acid groups (broad SMARTS) is 1. The summed E-state index contributed by atoms with van der Waals surface area (Å²) in [5, 5.41) is 22.3. The van der Waals surface area contributed by atoms with Crippen LogP contribution in [0.1, 0.15) is 10.4 Å². The van der Waals surface area contributed by atoms with Crippen LogP contribution in [0.4, 0.5) is 11.4 Å². The van der Waals surface area contributed by atoms with E-state index in [9.17, 15) is 24.5 Å². The fourth-order valence-electron chi connectivity index (χ4n) is 2.50. The predicted octanol–water partition coefficient (Wildman–Crippen LogP) is 2.06. The van der Waals surface area contributed by atoms with E-state index in [4.69, 9.17) is 9.84 Å². The van der Waals surface area contributed by atoms with Crippen LogP contribution in [0.5, 0.6) is 6.01 Å². The summed E-state index contributed by atoms with van der Waals surface area (Å²) in [5.74, 6) is -2.12. The third-order valence-corrected chi connectivity index (χ3v) is 3.79. The Morgan fingerprint density at radius 1 is 1.17 bits per heavy atom. The molecule has 3 aromatic rings. The fourth-order valence-corrected chi connectivity index (χ4v) is 2.50. The van der Waals surface area contributed by atoms with Crippen molar-refractivity contribution < 1.29 is 24.4 Å². The number of nitro benzene ring substituents is 1. The van der Waals surface area contributed by atoms with Gasteiger partial charge in [-0.05, 0) is 6.07 Å². The Balaban J connectivity index is 1.72. The first-order valence-electron chi connectivity index (χ1n) is 8.44. The number of amides is 1. The highest BCUT2D eigenvalue weighted by Gasteiger charge is 2.15. The summed E-state index contributed by atoms with van der Waals surface area (Å²) < 4.78 is 5.21. The number of hydrogen-bond donors (Lipinski definition) is 3. The van der Waals surface area contributed by atoms with E-state index in [0.29, 0.717) is 11.3 Å². The second-order valence-corrected chi connectivity index (χ2v) is 5.97. The van der Waals surface area contributed by atoms with Gasteiger partial charge in [0.2, 0.25) is 0 Å². The Bertz CT molecular complexity index is 1140. The molecule has 0 aliphatic heterocycles. The summed E-state index contributed by atoms with van der Waals surface area (Å²) in [4.78, 5) is 51.7. The smallest absolute Gasteiger partial charge is 0.336 e. The fraction of sp³-hybridized carbons (Fsp3) is 0.0526. The van der Waals surface area contributed by atoms with Gasteiger partial charge in [-0.3, -0.25) is 24.7 Å². The Morgan fingerprint density at radius 3 is 2.57 bits per heavy atom. The molecule has 0 radical (unpaired) electrons. The van der Waals surface area contributed by atoms with Gasteiger partial charge in [0.15, 0.2) is 6.61 Å². The van der Waals surface area contributed by atoms with Crippen LogP contribution in [0.15, 0.2) is 59.4 Å². The minimum absolute atomic E-state index is 0.0883. The monoisotopic (exact) mass is 410 g/mol. The Hall–Kier alpha value is -4.54. The number of H-pyrrole nitrogens is 1. The zero-order chi connectivity index (χ0) is 21.7. The molecule has 0 aliphatic carbocycles. The lowest BCUT2D eigenvalue weighted by atomic mass is 10.1. The van der Waals surface area contributed by atoms with E-state index in [1.807, 2.05) is 6.07 Å². The highest BCUT2D eigenvalue weighted by atomic mass is 16.6. The molecular formula is C19H14N4O7. The molecule has 30 heavy (non-hydrogen) atoms. The first-order valence-corrected chi connectivity index (χ1v) is 8.44. The lowest BCUT2D eigenvalue weighted by molar-refractivity contribution is -0.384. The lowest BCUT2D eigenvalue weighted by Gasteiger charge is -2.08. The van der Waals surface area contributed by atoms with Gasteiger partial charge in [-0.2, -0.15) is 4.98 Å². The SMILES string of the molecule is O=C(COc1nc(-c2ccccc2)cc(=O)[nH]1)Nc1cc(C(=O)O)cc([N+](=O)[O-])c1. The molecule has 0 bridgehead atoms. The zero-order valence-corrected chi connectivity index (χ0v) is 15.2. The highest BCUT2D eigenvalue weighted by molar-refractivity contribution is 5.95. The molecule has 1 amide bonds. The van der Waals surface area contributed by atoms with E-state index in [0.717, 1.165) is 18.2 Å². The van der Waals surface area contributed by atoms with Gasteiger partial charge in [0.25, 0.3) is 23.2 Å². The van der Waals surface area contributed by atoms with Crippen LogP contribution < -0.4 is 15.6 Å². The molecule has 1 heterocycles.